The highest BCUT2D eigenvalue weighted by Gasteiger charge is 2.19. The zero-order chi connectivity index (χ0) is 14.0. The van der Waals surface area contributed by atoms with E-state index < -0.39 is 0 Å². The van der Waals surface area contributed by atoms with Gasteiger partial charge in [0.15, 0.2) is 0 Å². The van der Waals surface area contributed by atoms with E-state index in [4.69, 9.17) is 0 Å². The van der Waals surface area contributed by atoms with Gasteiger partial charge in [0.2, 0.25) is 0 Å². The molecule has 0 aliphatic carbocycles. The minimum atomic E-state index is -0.0724. The molecule has 0 unspecified atom stereocenters. The van der Waals surface area contributed by atoms with Crippen molar-refractivity contribution in [1.82, 2.24) is 9.97 Å². The van der Waals surface area contributed by atoms with Crippen LogP contribution in [0.2, 0.25) is 0 Å². The van der Waals surface area contributed by atoms with Crippen LogP contribution in [0.1, 0.15) is 26.6 Å². The van der Waals surface area contributed by atoms with Crippen molar-refractivity contribution in [2.75, 3.05) is 12.4 Å². The molecule has 0 saturated heterocycles. The van der Waals surface area contributed by atoms with Crippen molar-refractivity contribution in [2.45, 2.75) is 26.2 Å². The van der Waals surface area contributed by atoms with Crippen molar-refractivity contribution in [1.29, 1.82) is 0 Å². The number of halogens is 1. The fourth-order valence-electron chi connectivity index (χ4n) is 1.68. The maximum Gasteiger partial charge on any atom is 0.136 e. The van der Waals surface area contributed by atoms with Gasteiger partial charge in [-0.05, 0) is 12.1 Å². The van der Waals surface area contributed by atoms with Gasteiger partial charge in [0.1, 0.15) is 11.6 Å². The van der Waals surface area contributed by atoms with Crippen molar-refractivity contribution in [3.63, 3.8) is 0 Å². The Kier molecular flexibility index (Phi) is 3.90. The molecule has 0 aliphatic heterocycles. The first kappa shape index (κ1) is 14.0. The number of hydrogen-bond acceptors (Lipinski definition) is 3. The molecule has 19 heavy (non-hydrogen) atoms. The van der Waals surface area contributed by atoms with Gasteiger partial charge in [-0.3, -0.25) is 0 Å². The predicted molar refractivity (Wildman–Crippen MR) is 83.4 cm³/mol. The summed E-state index contributed by atoms with van der Waals surface area (Å²) in [6, 6.07) is 10.1. The minimum absolute atomic E-state index is 0.0724. The maximum atomic E-state index is 4.69. The number of nitrogens with zero attached hydrogens (tertiary/aromatic N) is 2. The Morgan fingerprint density at radius 2 is 1.68 bits per heavy atom. The Morgan fingerprint density at radius 3 is 2.21 bits per heavy atom. The summed E-state index contributed by atoms with van der Waals surface area (Å²) in [5.74, 6) is 1.69. The number of aromatic nitrogens is 2. The topological polar surface area (TPSA) is 37.8 Å². The van der Waals surface area contributed by atoms with Crippen LogP contribution >= 0.6 is 15.9 Å². The molecular weight excluding hydrogens is 302 g/mol. The summed E-state index contributed by atoms with van der Waals surface area (Å²) >= 11 is 3.45. The highest BCUT2D eigenvalue weighted by molar-refractivity contribution is 9.10. The van der Waals surface area contributed by atoms with E-state index in [9.17, 15) is 0 Å². The normalized spacial score (nSPS) is 11.4. The van der Waals surface area contributed by atoms with Gasteiger partial charge < -0.3 is 5.32 Å². The van der Waals surface area contributed by atoms with Crippen LogP contribution in [-0.2, 0) is 5.41 Å². The molecule has 0 atom stereocenters. The lowest BCUT2D eigenvalue weighted by atomic mass is 9.95. The number of hydrogen-bond donors (Lipinski definition) is 1. The summed E-state index contributed by atoms with van der Waals surface area (Å²) in [6.07, 6.45) is 0. The van der Waals surface area contributed by atoms with Crippen molar-refractivity contribution in [3.8, 4) is 11.3 Å². The van der Waals surface area contributed by atoms with Crippen LogP contribution in [0, 0.1) is 0 Å². The summed E-state index contributed by atoms with van der Waals surface area (Å²) in [6.45, 7) is 6.35. The lowest BCUT2D eigenvalue weighted by Crippen LogP contribution is -2.17. The van der Waals surface area contributed by atoms with E-state index in [0.717, 1.165) is 27.4 Å². The number of rotatable bonds is 2. The lowest BCUT2D eigenvalue weighted by Gasteiger charge is -2.18. The highest BCUT2D eigenvalue weighted by Crippen LogP contribution is 2.26. The largest absolute Gasteiger partial charge is 0.373 e. The molecule has 1 aromatic carbocycles. The molecule has 3 nitrogen and oxygen atoms in total. The molecule has 2 rings (SSSR count). The molecule has 0 saturated carbocycles. The Labute approximate surface area is 122 Å². The first-order chi connectivity index (χ1) is 8.90. The number of anilines is 1. The van der Waals surface area contributed by atoms with Crippen molar-refractivity contribution < 1.29 is 0 Å². The molecule has 0 amide bonds. The third-order valence-corrected chi connectivity index (χ3v) is 3.32. The molecule has 0 aliphatic rings. The van der Waals surface area contributed by atoms with Gasteiger partial charge in [0.05, 0.1) is 5.69 Å². The molecule has 0 fully saturated rings. The third-order valence-electron chi connectivity index (χ3n) is 2.79. The monoisotopic (exact) mass is 319 g/mol. The van der Waals surface area contributed by atoms with Gasteiger partial charge in [-0.1, -0.05) is 48.8 Å². The van der Waals surface area contributed by atoms with Crippen LogP contribution in [0.25, 0.3) is 11.3 Å². The zero-order valence-corrected chi connectivity index (χ0v) is 13.2. The summed E-state index contributed by atoms with van der Waals surface area (Å²) in [7, 11) is 1.88. The average molecular weight is 320 g/mol. The Balaban J connectivity index is 2.54. The molecule has 2 aromatic rings. The van der Waals surface area contributed by atoms with E-state index in [1.54, 1.807) is 0 Å². The molecule has 1 aromatic heterocycles. The quantitative estimate of drug-likeness (QED) is 0.899. The third kappa shape index (κ3) is 3.32. The van der Waals surface area contributed by atoms with Gasteiger partial charge in [-0.15, -0.1) is 0 Å². The van der Waals surface area contributed by atoms with Crippen LogP contribution in [0.3, 0.4) is 0 Å². The van der Waals surface area contributed by atoms with Gasteiger partial charge >= 0.3 is 0 Å². The van der Waals surface area contributed by atoms with Crippen LogP contribution in [-0.4, -0.2) is 17.0 Å². The van der Waals surface area contributed by atoms with Crippen LogP contribution in [0.15, 0.2) is 34.8 Å². The molecule has 0 radical (unpaired) electrons. The van der Waals surface area contributed by atoms with Crippen molar-refractivity contribution >= 4 is 21.7 Å². The summed E-state index contributed by atoms with van der Waals surface area (Å²) in [4.78, 5) is 9.22. The lowest BCUT2D eigenvalue weighted by molar-refractivity contribution is 0.547. The molecule has 1 heterocycles. The molecule has 100 valence electrons. The Morgan fingerprint density at radius 1 is 1.05 bits per heavy atom. The highest BCUT2D eigenvalue weighted by atomic mass is 79.9. The SMILES string of the molecule is CNc1cc(-c2ccc(Br)cc2)nc(C(C)(C)C)n1. The summed E-state index contributed by atoms with van der Waals surface area (Å²) in [5.41, 5.74) is 1.96. The number of nitrogens with one attached hydrogen (secondary N) is 1. The fourth-order valence-corrected chi connectivity index (χ4v) is 1.94. The molecule has 4 heteroatoms. The predicted octanol–water partition coefficient (Wildman–Crippen LogP) is 4.25. The number of benzene rings is 1. The second kappa shape index (κ2) is 5.29. The van der Waals surface area contributed by atoms with Gasteiger partial charge in [-0.25, -0.2) is 9.97 Å². The van der Waals surface area contributed by atoms with E-state index in [1.807, 2.05) is 25.2 Å². The van der Waals surface area contributed by atoms with E-state index in [2.05, 4.69) is 64.1 Å². The maximum absolute atomic E-state index is 4.69. The standard InChI is InChI=1S/C15H18BrN3/c1-15(2,3)14-18-12(9-13(17-4)19-14)10-5-7-11(16)8-6-10/h5-9H,1-4H3,(H,17,18,19). The first-order valence-corrected chi connectivity index (χ1v) is 7.03. The van der Waals surface area contributed by atoms with E-state index in [-0.39, 0.29) is 5.41 Å². The Hall–Kier alpha value is -1.42. The van der Waals surface area contributed by atoms with E-state index in [1.165, 1.54) is 0 Å². The van der Waals surface area contributed by atoms with E-state index in [0.29, 0.717) is 0 Å². The first-order valence-electron chi connectivity index (χ1n) is 6.23. The molecule has 1 N–H and O–H groups in total. The molecule has 0 spiro atoms. The van der Waals surface area contributed by atoms with Crippen LogP contribution < -0.4 is 5.32 Å². The minimum Gasteiger partial charge on any atom is -0.373 e. The van der Waals surface area contributed by atoms with E-state index >= 15 is 0 Å². The second-order valence-corrected chi connectivity index (χ2v) is 6.38. The Bertz CT molecular complexity index is 571. The smallest absolute Gasteiger partial charge is 0.136 e. The van der Waals surface area contributed by atoms with Crippen molar-refractivity contribution in [2.24, 2.45) is 0 Å². The average Bonchev–Trinajstić information content (AvgIpc) is 2.38. The van der Waals surface area contributed by atoms with Gasteiger partial charge in [0, 0.05) is 28.6 Å². The molecule has 0 bridgehead atoms. The van der Waals surface area contributed by atoms with Crippen molar-refractivity contribution in [3.05, 3.63) is 40.6 Å². The summed E-state index contributed by atoms with van der Waals surface area (Å²) in [5, 5.41) is 3.10. The van der Waals surface area contributed by atoms with Gasteiger partial charge in [-0.2, -0.15) is 0 Å². The van der Waals surface area contributed by atoms with Gasteiger partial charge in [0.25, 0.3) is 0 Å². The fraction of sp³-hybridized carbons (Fsp3) is 0.333. The zero-order valence-electron chi connectivity index (χ0n) is 11.7. The summed E-state index contributed by atoms with van der Waals surface area (Å²) < 4.78 is 1.06. The van der Waals surface area contributed by atoms with Crippen LogP contribution in [0.4, 0.5) is 5.82 Å². The van der Waals surface area contributed by atoms with Crippen LogP contribution in [0.5, 0.6) is 0 Å². The molecular formula is C15H18BrN3. The second-order valence-electron chi connectivity index (χ2n) is 5.47.